The summed E-state index contributed by atoms with van der Waals surface area (Å²) in [7, 11) is -4.31. The number of ether oxygens (including phenoxy) is 1. The Kier molecular flexibility index (Phi) is 6.21. The zero-order valence-electron chi connectivity index (χ0n) is 18.2. The van der Waals surface area contributed by atoms with E-state index in [1.165, 1.54) is 13.2 Å². The largest absolute Gasteiger partial charge is 0.534 e. The Morgan fingerprint density at radius 3 is 2.03 bits per heavy atom. The van der Waals surface area contributed by atoms with Crippen molar-refractivity contribution in [2.45, 2.75) is 32.7 Å². The molecular formula is C24H25F3O4S. The smallest absolute Gasteiger partial charge is 0.497 e. The Labute approximate surface area is 186 Å². The fourth-order valence-corrected chi connectivity index (χ4v) is 4.41. The van der Waals surface area contributed by atoms with Gasteiger partial charge in [-0.3, -0.25) is 0 Å². The Balaban J connectivity index is 2.18. The van der Waals surface area contributed by atoms with Crippen LogP contribution in [0.5, 0.6) is 5.75 Å². The molecule has 0 radical (unpaired) electrons. The van der Waals surface area contributed by atoms with Crippen molar-refractivity contribution in [3.8, 4) is 5.75 Å². The van der Waals surface area contributed by atoms with Gasteiger partial charge in [-0.25, -0.2) is 0 Å². The molecule has 0 saturated heterocycles. The van der Waals surface area contributed by atoms with Gasteiger partial charge in [0.1, 0.15) is 11.5 Å². The number of benzene rings is 2. The minimum Gasteiger partial charge on any atom is -0.497 e. The lowest BCUT2D eigenvalue weighted by atomic mass is 9.66. The van der Waals surface area contributed by atoms with Crippen LogP contribution < -0.4 is 4.74 Å². The summed E-state index contributed by atoms with van der Waals surface area (Å²) in [4.78, 5) is 0. The molecule has 1 aliphatic rings. The highest BCUT2D eigenvalue weighted by Gasteiger charge is 2.52. The monoisotopic (exact) mass is 466 g/mol. The average molecular weight is 467 g/mol. The standard InChI is InChI=1S/C24H25F3O4S/c1-22(2)15-20(18-10-12-19(30-4)13-11-18)23(3,14-17-8-6-5-7-9-17)21(16-22)31-32(28,29)24(25,26)27/h5-13,15-16H,14H2,1-4H3. The number of halogens is 3. The number of hydrogen-bond acceptors (Lipinski definition) is 4. The topological polar surface area (TPSA) is 52.6 Å². The fraction of sp³-hybridized carbons (Fsp3) is 0.333. The molecule has 3 rings (SSSR count). The van der Waals surface area contributed by atoms with Crippen LogP contribution in [-0.2, 0) is 20.7 Å². The third kappa shape index (κ3) is 4.85. The van der Waals surface area contributed by atoms with Crippen LogP contribution >= 0.6 is 0 Å². The Hall–Kier alpha value is -2.74. The normalized spacial score (nSPS) is 20.8. The minimum absolute atomic E-state index is 0.237. The van der Waals surface area contributed by atoms with E-state index in [-0.39, 0.29) is 12.2 Å². The van der Waals surface area contributed by atoms with E-state index in [1.807, 2.05) is 36.4 Å². The Morgan fingerprint density at radius 2 is 1.50 bits per heavy atom. The molecule has 0 N–H and O–H groups in total. The van der Waals surface area contributed by atoms with Gasteiger partial charge in [0.15, 0.2) is 0 Å². The first-order valence-corrected chi connectivity index (χ1v) is 11.3. The van der Waals surface area contributed by atoms with Crippen LogP contribution in [0.3, 0.4) is 0 Å². The molecule has 1 unspecified atom stereocenters. The van der Waals surface area contributed by atoms with Gasteiger partial charge in [0.25, 0.3) is 0 Å². The molecule has 0 fully saturated rings. The quantitative estimate of drug-likeness (QED) is 0.380. The van der Waals surface area contributed by atoms with Crippen molar-refractivity contribution >= 4 is 15.7 Å². The summed E-state index contributed by atoms with van der Waals surface area (Å²) < 4.78 is 73.5. The van der Waals surface area contributed by atoms with Gasteiger partial charge in [0, 0.05) is 5.41 Å². The van der Waals surface area contributed by atoms with Crippen LogP contribution in [0.1, 0.15) is 31.9 Å². The molecular weight excluding hydrogens is 441 g/mol. The third-order valence-electron chi connectivity index (χ3n) is 5.44. The minimum atomic E-state index is -5.84. The summed E-state index contributed by atoms with van der Waals surface area (Å²) in [6, 6.07) is 16.2. The van der Waals surface area contributed by atoms with Crippen LogP contribution in [0, 0.1) is 10.8 Å². The molecule has 0 bridgehead atoms. The average Bonchev–Trinajstić information content (AvgIpc) is 2.70. The molecule has 8 heteroatoms. The van der Waals surface area contributed by atoms with E-state index in [4.69, 9.17) is 8.92 Å². The summed E-state index contributed by atoms with van der Waals surface area (Å²) >= 11 is 0. The van der Waals surface area contributed by atoms with E-state index in [2.05, 4.69) is 0 Å². The van der Waals surface area contributed by atoms with Crippen molar-refractivity contribution in [3.05, 3.63) is 83.6 Å². The van der Waals surface area contributed by atoms with E-state index in [1.54, 1.807) is 45.0 Å². The number of alkyl halides is 3. The van der Waals surface area contributed by atoms with Crippen molar-refractivity contribution in [2.75, 3.05) is 7.11 Å². The van der Waals surface area contributed by atoms with E-state index in [0.29, 0.717) is 11.3 Å². The summed E-state index contributed by atoms with van der Waals surface area (Å²) in [5.74, 6) is 0.373. The van der Waals surface area contributed by atoms with E-state index >= 15 is 0 Å². The molecule has 4 nitrogen and oxygen atoms in total. The fourth-order valence-electron chi connectivity index (χ4n) is 3.84. The lowest BCUT2D eigenvalue weighted by molar-refractivity contribution is -0.0530. The zero-order valence-corrected chi connectivity index (χ0v) is 19.0. The van der Waals surface area contributed by atoms with Crippen LogP contribution in [0.4, 0.5) is 13.2 Å². The summed E-state index contributed by atoms with van der Waals surface area (Å²) in [5, 5.41) is 0. The molecule has 0 spiro atoms. The summed E-state index contributed by atoms with van der Waals surface area (Å²) in [5.41, 5.74) is -5.23. The lowest BCUT2D eigenvalue weighted by Gasteiger charge is -2.40. The molecule has 32 heavy (non-hydrogen) atoms. The Bertz CT molecular complexity index is 1130. The molecule has 2 aromatic rings. The van der Waals surface area contributed by atoms with E-state index in [0.717, 1.165) is 11.1 Å². The second-order valence-electron chi connectivity index (χ2n) is 8.59. The first-order valence-electron chi connectivity index (χ1n) is 9.93. The van der Waals surface area contributed by atoms with Crippen LogP contribution in [0.25, 0.3) is 5.57 Å². The maximum absolute atomic E-state index is 13.2. The highest BCUT2D eigenvalue weighted by atomic mass is 32.2. The molecule has 0 aliphatic heterocycles. The van der Waals surface area contributed by atoms with Gasteiger partial charge < -0.3 is 8.92 Å². The molecule has 0 amide bonds. The Morgan fingerprint density at radius 1 is 0.906 bits per heavy atom. The van der Waals surface area contributed by atoms with Gasteiger partial charge in [-0.2, -0.15) is 21.6 Å². The number of hydrogen-bond donors (Lipinski definition) is 0. The SMILES string of the molecule is COc1ccc(C2=CC(C)(C)C=C(OS(=O)(=O)C(F)(F)F)C2(C)Cc2ccccc2)cc1. The molecule has 0 aromatic heterocycles. The molecule has 1 atom stereocenters. The van der Waals surface area contributed by atoms with Crippen molar-refractivity contribution < 1.29 is 30.5 Å². The van der Waals surface area contributed by atoms with Gasteiger partial charge in [-0.05, 0) is 48.3 Å². The second-order valence-corrected chi connectivity index (χ2v) is 10.1. The summed E-state index contributed by atoms with van der Waals surface area (Å²) in [6.45, 7) is 5.26. The van der Waals surface area contributed by atoms with Gasteiger partial charge in [-0.15, -0.1) is 0 Å². The van der Waals surface area contributed by atoms with Crippen molar-refractivity contribution in [2.24, 2.45) is 10.8 Å². The highest BCUT2D eigenvalue weighted by Crippen LogP contribution is 2.52. The number of rotatable bonds is 6. The second kappa shape index (κ2) is 8.31. The van der Waals surface area contributed by atoms with Crippen molar-refractivity contribution in [1.29, 1.82) is 0 Å². The van der Waals surface area contributed by atoms with Gasteiger partial charge in [-0.1, -0.05) is 62.4 Å². The van der Waals surface area contributed by atoms with Crippen LogP contribution in [-0.4, -0.2) is 21.0 Å². The maximum Gasteiger partial charge on any atom is 0.534 e. The van der Waals surface area contributed by atoms with E-state index < -0.39 is 26.5 Å². The van der Waals surface area contributed by atoms with E-state index in [9.17, 15) is 21.6 Å². The highest BCUT2D eigenvalue weighted by molar-refractivity contribution is 7.87. The maximum atomic E-state index is 13.2. The number of methoxy groups -OCH3 is 1. The van der Waals surface area contributed by atoms with Gasteiger partial charge >= 0.3 is 15.6 Å². The lowest BCUT2D eigenvalue weighted by Crippen LogP contribution is -2.35. The molecule has 172 valence electrons. The molecule has 0 heterocycles. The first kappa shape index (κ1) is 23.9. The number of allylic oxidation sites excluding steroid dienone is 3. The van der Waals surface area contributed by atoms with Gasteiger partial charge in [0.2, 0.25) is 0 Å². The predicted octanol–water partition coefficient (Wildman–Crippen LogP) is 6.12. The zero-order chi connectivity index (χ0) is 23.8. The van der Waals surface area contributed by atoms with Crippen molar-refractivity contribution in [1.82, 2.24) is 0 Å². The molecule has 2 aromatic carbocycles. The van der Waals surface area contributed by atoms with Crippen LogP contribution in [0.15, 0.2) is 72.5 Å². The predicted molar refractivity (Wildman–Crippen MR) is 117 cm³/mol. The molecule has 0 saturated carbocycles. The first-order chi connectivity index (χ1) is 14.8. The van der Waals surface area contributed by atoms with Gasteiger partial charge in [0.05, 0.1) is 12.5 Å². The third-order valence-corrected chi connectivity index (χ3v) is 6.41. The van der Waals surface area contributed by atoms with Crippen LogP contribution in [0.2, 0.25) is 0 Å². The summed E-state index contributed by atoms with van der Waals surface area (Å²) in [6.07, 6.45) is 3.62. The molecule has 1 aliphatic carbocycles. The van der Waals surface area contributed by atoms with Crippen molar-refractivity contribution in [3.63, 3.8) is 0 Å².